The van der Waals surface area contributed by atoms with Crippen LogP contribution in [0.25, 0.3) is 0 Å². The van der Waals surface area contributed by atoms with Crippen molar-refractivity contribution in [1.82, 2.24) is 15.5 Å². The number of hydrogen-bond donors (Lipinski definition) is 1. The van der Waals surface area contributed by atoms with Crippen molar-refractivity contribution in [3.05, 3.63) is 11.7 Å². The monoisotopic (exact) mass is 237 g/mol. The second kappa shape index (κ2) is 5.17. The number of hydrogen-bond acceptors (Lipinski definition) is 4. The molecule has 1 heterocycles. The van der Waals surface area contributed by atoms with Gasteiger partial charge in [-0.3, -0.25) is 0 Å². The van der Waals surface area contributed by atoms with Gasteiger partial charge in [-0.15, -0.1) is 0 Å². The zero-order valence-electron chi connectivity index (χ0n) is 11.1. The average molecular weight is 237 g/mol. The largest absolute Gasteiger partial charge is 0.339 e. The molecule has 1 N–H and O–H groups in total. The average Bonchev–Trinajstić information content (AvgIpc) is 2.63. The van der Waals surface area contributed by atoms with Gasteiger partial charge in [0.05, 0.1) is 0 Å². The Kier molecular flexibility index (Phi) is 3.82. The minimum absolute atomic E-state index is 0.497. The molecule has 0 aromatic carbocycles. The van der Waals surface area contributed by atoms with Crippen molar-refractivity contribution < 1.29 is 4.52 Å². The molecule has 0 spiro atoms. The fraction of sp³-hybridized carbons (Fsp3) is 0.846. The molecule has 1 saturated carbocycles. The number of rotatable bonds is 4. The molecule has 1 aliphatic rings. The van der Waals surface area contributed by atoms with Gasteiger partial charge in [-0.05, 0) is 31.6 Å². The van der Waals surface area contributed by atoms with Gasteiger partial charge in [0, 0.05) is 19.0 Å². The maximum Gasteiger partial charge on any atom is 0.227 e. The Balaban J connectivity index is 1.71. The molecule has 2 rings (SSSR count). The zero-order chi connectivity index (χ0) is 12.3. The lowest BCUT2D eigenvalue weighted by molar-refractivity contribution is 0.198. The molecule has 4 heteroatoms. The highest BCUT2D eigenvalue weighted by molar-refractivity contribution is 4.86. The van der Waals surface area contributed by atoms with Gasteiger partial charge < -0.3 is 9.84 Å². The molecule has 1 fully saturated rings. The predicted octanol–water partition coefficient (Wildman–Crippen LogP) is 2.48. The van der Waals surface area contributed by atoms with Crippen molar-refractivity contribution in [3.63, 3.8) is 0 Å². The summed E-state index contributed by atoms with van der Waals surface area (Å²) in [6.45, 7) is 7.51. The van der Waals surface area contributed by atoms with Crippen molar-refractivity contribution in [2.45, 2.75) is 58.9 Å². The van der Waals surface area contributed by atoms with Crippen LogP contribution in [0.3, 0.4) is 0 Å². The van der Waals surface area contributed by atoms with E-state index >= 15 is 0 Å². The van der Waals surface area contributed by atoms with E-state index in [2.05, 4.69) is 29.3 Å². The Hall–Kier alpha value is -0.900. The van der Waals surface area contributed by atoms with Crippen LogP contribution in [0.15, 0.2) is 4.52 Å². The first-order valence-electron chi connectivity index (χ1n) is 6.58. The van der Waals surface area contributed by atoms with Gasteiger partial charge in [0.2, 0.25) is 5.89 Å². The van der Waals surface area contributed by atoms with E-state index in [-0.39, 0.29) is 0 Å². The van der Waals surface area contributed by atoms with Gasteiger partial charge in [-0.1, -0.05) is 25.4 Å². The van der Waals surface area contributed by atoms with Crippen LogP contribution in [0.1, 0.15) is 51.2 Å². The third-order valence-electron chi connectivity index (χ3n) is 3.55. The Morgan fingerprint density at radius 2 is 2.29 bits per heavy atom. The highest BCUT2D eigenvalue weighted by Crippen LogP contribution is 2.34. The molecular formula is C13H23N3O. The minimum Gasteiger partial charge on any atom is -0.339 e. The van der Waals surface area contributed by atoms with E-state index in [9.17, 15) is 0 Å². The van der Waals surface area contributed by atoms with Crippen molar-refractivity contribution in [1.29, 1.82) is 0 Å². The van der Waals surface area contributed by atoms with E-state index < -0.39 is 0 Å². The fourth-order valence-electron chi connectivity index (χ4n) is 2.70. The van der Waals surface area contributed by atoms with Crippen LogP contribution < -0.4 is 5.32 Å². The summed E-state index contributed by atoms with van der Waals surface area (Å²) < 4.78 is 5.09. The first-order valence-corrected chi connectivity index (χ1v) is 6.58. The molecule has 0 saturated heterocycles. The Morgan fingerprint density at radius 1 is 1.47 bits per heavy atom. The summed E-state index contributed by atoms with van der Waals surface area (Å²) in [6.07, 6.45) is 6.10. The molecule has 0 aliphatic heterocycles. The molecule has 1 unspecified atom stereocenters. The zero-order valence-corrected chi connectivity index (χ0v) is 11.1. The maximum absolute atomic E-state index is 5.09. The molecule has 1 atom stereocenters. The number of nitrogens with zero attached hydrogens (tertiary/aromatic N) is 2. The normalized spacial score (nSPS) is 23.8. The molecule has 96 valence electrons. The van der Waals surface area contributed by atoms with Gasteiger partial charge in [0.1, 0.15) is 0 Å². The Labute approximate surface area is 103 Å². The van der Waals surface area contributed by atoms with Crippen LogP contribution in [0.2, 0.25) is 0 Å². The number of aryl methyl sites for hydroxylation is 1. The van der Waals surface area contributed by atoms with Gasteiger partial charge in [0.25, 0.3) is 0 Å². The van der Waals surface area contributed by atoms with E-state index in [1.165, 1.54) is 25.7 Å². The first-order chi connectivity index (χ1) is 8.05. The molecular weight excluding hydrogens is 214 g/mol. The smallest absolute Gasteiger partial charge is 0.227 e. The molecule has 0 amide bonds. The Bertz CT molecular complexity index is 359. The molecule has 1 aliphatic carbocycles. The topological polar surface area (TPSA) is 51.0 Å². The van der Waals surface area contributed by atoms with E-state index in [0.29, 0.717) is 11.5 Å². The van der Waals surface area contributed by atoms with Crippen molar-refractivity contribution in [3.8, 4) is 0 Å². The highest BCUT2D eigenvalue weighted by Gasteiger charge is 2.27. The lowest BCUT2D eigenvalue weighted by atomic mass is 9.75. The quantitative estimate of drug-likeness (QED) is 0.874. The van der Waals surface area contributed by atoms with Crippen molar-refractivity contribution in [2.24, 2.45) is 5.41 Å². The maximum atomic E-state index is 5.09. The third kappa shape index (κ3) is 3.80. The molecule has 1 aromatic rings. The van der Waals surface area contributed by atoms with E-state index in [1.807, 2.05) is 6.92 Å². The number of nitrogens with one attached hydrogen (secondary N) is 1. The van der Waals surface area contributed by atoms with Gasteiger partial charge >= 0.3 is 0 Å². The summed E-state index contributed by atoms with van der Waals surface area (Å²) in [7, 11) is 0. The second-order valence-electron chi connectivity index (χ2n) is 5.90. The van der Waals surface area contributed by atoms with Gasteiger partial charge in [-0.2, -0.15) is 4.98 Å². The molecule has 4 nitrogen and oxygen atoms in total. The van der Waals surface area contributed by atoms with E-state index in [4.69, 9.17) is 4.52 Å². The van der Waals surface area contributed by atoms with Crippen LogP contribution in [-0.2, 0) is 6.42 Å². The minimum atomic E-state index is 0.497. The lowest BCUT2D eigenvalue weighted by Crippen LogP contribution is -2.38. The summed E-state index contributed by atoms with van der Waals surface area (Å²) in [5.41, 5.74) is 0.497. The highest BCUT2D eigenvalue weighted by atomic mass is 16.5. The van der Waals surface area contributed by atoms with Crippen LogP contribution in [-0.4, -0.2) is 22.7 Å². The first kappa shape index (κ1) is 12.6. The summed E-state index contributed by atoms with van der Waals surface area (Å²) in [5.74, 6) is 1.46. The third-order valence-corrected chi connectivity index (χ3v) is 3.55. The fourth-order valence-corrected chi connectivity index (χ4v) is 2.70. The lowest BCUT2D eigenvalue weighted by Gasteiger charge is -2.35. The van der Waals surface area contributed by atoms with E-state index in [0.717, 1.165) is 24.7 Å². The van der Waals surface area contributed by atoms with Crippen LogP contribution in [0.5, 0.6) is 0 Å². The van der Waals surface area contributed by atoms with Crippen LogP contribution in [0.4, 0.5) is 0 Å². The van der Waals surface area contributed by atoms with Gasteiger partial charge in [0.15, 0.2) is 5.82 Å². The van der Waals surface area contributed by atoms with Crippen LogP contribution in [0, 0.1) is 12.3 Å². The van der Waals surface area contributed by atoms with Crippen molar-refractivity contribution in [2.75, 3.05) is 6.54 Å². The summed E-state index contributed by atoms with van der Waals surface area (Å²) >= 11 is 0. The molecule has 0 radical (unpaired) electrons. The molecule has 0 bridgehead atoms. The summed E-state index contributed by atoms with van der Waals surface area (Å²) in [6, 6.07) is 0.655. The SMILES string of the molecule is Cc1noc(CCNC2CCCC(C)(C)C2)n1. The van der Waals surface area contributed by atoms with Crippen molar-refractivity contribution >= 4 is 0 Å². The Morgan fingerprint density at radius 3 is 2.94 bits per heavy atom. The molecule has 1 aromatic heterocycles. The van der Waals surface area contributed by atoms with Gasteiger partial charge in [-0.25, -0.2) is 0 Å². The van der Waals surface area contributed by atoms with E-state index in [1.54, 1.807) is 0 Å². The second-order valence-corrected chi connectivity index (χ2v) is 5.90. The number of aromatic nitrogens is 2. The predicted molar refractivity (Wildman–Crippen MR) is 66.8 cm³/mol. The summed E-state index contributed by atoms with van der Waals surface area (Å²) in [4.78, 5) is 4.20. The van der Waals surface area contributed by atoms with Crippen LogP contribution >= 0.6 is 0 Å². The molecule has 17 heavy (non-hydrogen) atoms. The summed E-state index contributed by atoms with van der Waals surface area (Å²) in [5, 5.41) is 7.40. The standard InChI is InChI=1S/C13H23N3O/c1-10-15-12(17-16-10)6-8-14-11-5-4-7-13(2,3)9-11/h11,14H,4-9H2,1-3H3.